The number of carbonyl (C=O) groups excluding carboxylic acids is 1. The fraction of sp³-hybridized carbons (Fsp3) is 0.250. The van der Waals surface area contributed by atoms with E-state index in [1.54, 1.807) is 28.0 Å². The highest BCUT2D eigenvalue weighted by Gasteiger charge is 2.24. The molecule has 1 aliphatic rings. The molecule has 5 rings (SSSR count). The molecule has 1 fully saturated rings. The van der Waals surface area contributed by atoms with Crippen LogP contribution in [0, 0.1) is 0 Å². The van der Waals surface area contributed by atoms with Gasteiger partial charge in [0.1, 0.15) is 0 Å². The summed E-state index contributed by atoms with van der Waals surface area (Å²) in [5.74, 6) is 0.109. The molecule has 142 valence electrons. The summed E-state index contributed by atoms with van der Waals surface area (Å²) < 4.78 is 2.71. The summed E-state index contributed by atoms with van der Waals surface area (Å²) in [6, 6.07) is 11.7. The van der Waals surface area contributed by atoms with Crippen molar-refractivity contribution in [3.8, 4) is 0 Å². The normalized spacial score (nSPS) is 15.5. The van der Waals surface area contributed by atoms with E-state index in [1.807, 2.05) is 34.5 Å². The summed E-state index contributed by atoms with van der Waals surface area (Å²) >= 11 is 3.02. The van der Waals surface area contributed by atoms with Crippen LogP contribution in [0.5, 0.6) is 0 Å². The smallest absolute Gasteiger partial charge is 0.264 e. The summed E-state index contributed by atoms with van der Waals surface area (Å²) in [5.41, 5.74) is 0.747. The molecule has 0 saturated carbocycles. The number of aromatic nitrogens is 2. The Balaban J connectivity index is 1.25. The van der Waals surface area contributed by atoms with E-state index in [1.165, 1.54) is 11.3 Å². The molecule has 0 unspecified atom stereocenters. The van der Waals surface area contributed by atoms with Gasteiger partial charge >= 0.3 is 0 Å². The van der Waals surface area contributed by atoms with Crippen molar-refractivity contribution in [3.05, 3.63) is 68.9 Å². The molecule has 0 bridgehead atoms. The lowest BCUT2D eigenvalue weighted by Crippen LogP contribution is -2.48. The molecule has 6 nitrogen and oxygen atoms in total. The first-order valence-electron chi connectivity index (χ1n) is 9.13. The quantitative estimate of drug-likeness (QED) is 0.521. The minimum absolute atomic E-state index is 0.0418. The maximum absolute atomic E-state index is 12.9. The van der Waals surface area contributed by atoms with E-state index in [0.717, 1.165) is 38.7 Å². The van der Waals surface area contributed by atoms with Gasteiger partial charge in [-0.25, -0.2) is 4.98 Å². The third-order valence-electron chi connectivity index (χ3n) is 5.04. The number of thiazole rings is 1. The maximum Gasteiger partial charge on any atom is 0.264 e. The SMILES string of the molecule is O=C(c1cc2ccccc2s1)N1CCN(Cc2cc(=O)n3ccsc3n2)CC1. The van der Waals surface area contributed by atoms with Crippen LogP contribution in [-0.2, 0) is 6.54 Å². The third kappa shape index (κ3) is 3.23. The van der Waals surface area contributed by atoms with Gasteiger partial charge < -0.3 is 4.90 Å². The monoisotopic (exact) mass is 410 g/mol. The van der Waals surface area contributed by atoms with Crippen LogP contribution in [0.4, 0.5) is 0 Å². The van der Waals surface area contributed by atoms with Gasteiger partial charge in [0.2, 0.25) is 0 Å². The van der Waals surface area contributed by atoms with Crippen LogP contribution in [-0.4, -0.2) is 51.3 Å². The van der Waals surface area contributed by atoms with Gasteiger partial charge in [-0.3, -0.25) is 18.9 Å². The summed E-state index contributed by atoms with van der Waals surface area (Å²) in [6.45, 7) is 3.57. The number of carbonyl (C=O) groups is 1. The Bertz CT molecular complexity index is 1180. The van der Waals surface area contributed by atoms with E-state index in [2.05, 4.69) is 16.0 Å². The van der Waals surface area contributed by atoms with Gasteiger partial charge in [-0.15, -0.1) is 22.7 Å². The van der Waals surface area contributed by atoms with Crippen molar-refractivity contribution in [1.82, 2.24) is 19.2 Å². The van der Waals surface area contributed by atoms with E-state index >= 15 is 0 Å². The molecule has 1 saturated heterocycles. The molecule has 1 aliphatic heterocycles. The average molecular weight is 411 g/mol. The lowest BCUT2D eigenvalue weighted by molar-refractivity contribution is 0.0632. The van der Waals surface area contributed by atoms with Crippen LogP contribution >= 0.6 is 22.7 Å². The Labute approximate surface area is 169 Å². The lowest BCUT2D eigenvalue weighted by atomic mass is 10.2. The molecule has 0 aliphatic carbocycles. The Kier molecular flexibility index (Phi) is 4.46. The minimum Gasteiger partial charge on any atom is -0.335 e. The molecule has 0 radical (unpaired) electrons. The zero-order valence-electron chi connectivity index (χ0n) is 15.1. The van der Waals surface area contributed by atoms with Gasteiger partial charge in [-0.2, -0.15) is 0 Å². The predicted octanol–water partition coefficient (Wildman–Crippen LogP) is 2.93. The summed E-state index contributed by atoms with van der Waals surface area (Å²) in [4.78, 5) is 35.3. The van der Waals surface area contributed by atoms with Gasteiger partial charge in [0.25, 0.3) is 11.5 Å². The minimum atomic E-state index is -0.0418. The van der Waals surface area contributed by atoms with Gasteiger partial charge in [0, 0.05) is 55.1 Å². The number of thiophene rings is 1. The molecule has 28 heavy (non-hydrogen) atoms. The van der Waals surface area contributed by atoms with Gasteiger partial charge in [0.15, 0.2) is 4.96 Å². The molecule has 8 heteroatoms. The van der Waals surface area contributed by atoms with Crippen molar-refractivity contribution in [1.29, 1.82) is 0 Å². The second-order valence-corrected chi connectivity index (χ2v) is 8.81. The standard InChI is InChI=1S/C20H18N4O2S2/c25-18-12-15(21-20-24(18)9-10-27-20)13-22-5-7-23(8-6-22)19(26)17-11-14-3-1-2-4-16(14)28-17/h1-4,9-12H,5-8,13H2. The molecule has 4 aromatic rings. The van der Waals surface area contributed by atoms with Gasteiger partial charge in [-0.05, 0) is 17.5 Å². The van der Waals surface area contributed by atoms with Crippen molar-refractivity contribution in [2.24, 2.45) is 0 Å². The Morgan fingerprint density at radius 3 is 2.75 bits per heavy atom. The zero-order chi connectivity index (χ0) is 19.1. The van der Waals surface area contributed by atoms with Gasteiger partial charge in [-0.1, -0.05) is 18.2 Å². The van der Waals surface area contributed by atoms with Crippen LogP contribution in [0.1, 0.15) is 15.4 Å². The average Bonchev–Trinajstić information content (AvgIpc) is 3.35. The second-order valence-electron chi connectivity index (χ2n) is 6.86. The number of amides is 1. The summed E-state index contributed by atoms with van der Waals surface area (Å²) in [5, 5.41) is 2.99. The number of benzene rings is 1. The molecule has 0 atom stereocenters. The second kappa shape index (κ2) is 7.12. The Hall–Kier alpha value is -2.55. The molecule has 1 amide bonds. The van der Waals surface area contributed by atoms with Crippen LogP contribution < -0.4 is 5.56 Å². The fourth-order valence-electron chi connectivity index (χ4n) is 3.55. The van der Waals surface area contributed by atoms with E-state index in [4.69, 9.17) is 0 Å². The van der Waals surface area contributed by atoms with Crippen LogP contribution in [0.25, 0.3) is 15.0 Å². The number of hydrogen-bond donors (Lipinski definition) is 0. The van der Waals surface area contributed by atoms with Crippen LogP contribution in [0.2, 0.25) is 0 Å². The number of piperazine rings is 1. The first-order valence-corrected chi connectivity index (χ1v) is 10.8. The topological polar surface area (TPSA) is 57.9 Å². The Morgan fingerprint density at radius 2 is 1.93 bits per heavy atom. The van der Waals surface area contributed by atoms with Crippen LogP contribution in [0.15, 0.2) is 52.8 Å². The van der Waals surface area contributed by atoms with E-state index in [-0.39, 0.29) is 11.5 Å². The van der Waals surface area contributed by atoms with Crippen molar-refractivity contribution in [2.45, 2.75) is 6.54 Å². The lowest BCUT2D eigenvalue weighted by Gasteiger charge is -2.34. The molecular formula is C20H18N4O2S2. The highest BCUT2D eigenvalue weighted by molar-refractivity contribution is 7.20. The first-order chi connectivity index (χ1) is 13.7. The van der Waals surface area contributed by atoms with Crippen molar-refractivity contribution in [3.63, 3.8) is 0 Å². The number of fused-ring (bicyclic) bond motifs is 2. The molecule has 3 aromatic heterocycles. The van der Waals surface area contributed by atoms with Crippen molar-refractivity contribution in [2.75, 3.05) is 26.2 Å². The molecule has 1 aromatic carbocycles. The fourth-order valence-corrected chi connectivity index (χ4v) is 5.32. The van der Waals surface area contributed by atoms with E-state index in [0.29, 0.717) is 19.6 Å². The highest BCUT2D eigenvalue weighted by atomic mass is 32.1. The largest absolute Gasteiger partial charge is 0.335 e. The molecular weight excluding hydrogens is 392 g/mol. The van der Waals surface area contributed by atoms with Crippen molar-refractivity contribution >= 4 is 43.6 Å². The van der Waals surface area contributed by atoms with Crippen LogP contribution in [0.3, 0.4) is 0 Å². The molecule has 0 N–H and O–H groups in total. The zero-order valence-corrected chi connectivity index (χ0v) is 16.7. The first kappa shape index (κ1) is 17.5. The number of nitrogens with zero attached hydrogens (tertiary/aromatic N) is 4. The Morgan fingerprint density at radius 1 is 1.11 bits per heavy atom. The number of hydrogen-bond acceptors (Lipinski definition) is 6. The maximum atomic E-state index is 12.9. The van der Waals surface area contributed by atoms with E-state index < -0.39 is 0 Å². The third-order valence-corrected chi connectivity index (χ3v) is 6.90. The van der Waals surface area contributed by atoms with Gasteiger partial charge in [0.05, 0.1) is 10.6 Å². The summed E-state index contributed by atoms with van der Waals surface area (Å²) in [7, 11) is 0. The van der Waals surface area contributed by atoms with E-state index in [9.17, 15) is 9.59 Å². The predicted molar refractivity (Wildman–Crippen MR) is 112 cm³/mol. The highest BCUT2D eigenvalue weighted by Crippen LogP contribution is 2.26. The number of rotatable bonds is 3. The van der Waals surface area contributed by atoms with Crippen molar-refractivity contribution < 1.29 is 4.79 Å². The molecule has 0 spiro atoms. The molecule has 4 heterocycles. The summed E-state index contributed by atoms with van der Waals surface area (Å²) in [6.07, 6.45) is 1.75.